The van der Waals surface area contributed by atoms with Crippen molar-refractivity contribution in [1.29, 1.82) is 0 Å². The minimum Gasteiger partial charge on any atom is -0.462 e. The van der Waals surface area contributed by atoms with Crippen molar-refractivity contribution in [3.63, 3.8) is 0 Å². The Kier molecular flexibility index (Phi) is 4.95. The SMILES string of the molecule is CCc1ccc(O[C@H]2O[C@H](CO)[C@@H](O)[C@H](O)[C@H]2O)cc1. The van der Waals surface area contributed by atoms with Gasteiger partial charge in [-0.2, -0.15) is 0 Å². The highest BCUT2D eigenvalue weighted by atomic mass is 16.7. The Hall–Kier alpha value is -1.18. The molecular formula is C14H20O6. The van der Waals surface area contributed by atoms with Gasteiger partial charge in [0.1, 0.15) is 30.2 Å². The molecule has 0 radical (unpaired) electrons. The Labute approximate surface area is 117 Å². The molecular weight excluding hydrogens is 264 g/mol. The van der Waals surface area contributed by atoms with Crippen LogP contribution in [0.5, 0.6) is 5.75 Å². The van der Waals surface area contributed by atoms with E-state index in [1.165, 1.54) is 0 Å². The number of aliphatic hydroxyl groups is 4. The topological polar surface area (TPSA) is 99.4 Å². The maximum atomic E-state index is 9.84. The van der Waals surface area contributed by atoms with E-state index in [4.69, 9.17) is 14.6 Å². The lowest BCUT2D eigenvalue weighted by Gasteiger charge is -2.39. The fraction of sp³-hybridized carbons (Fsp3) is 0.571. The normalized spacial score (nSPS) is 34.0. The highest BCUT2D eigenvalue weighted by Gasteiger charge is 2.44. The second kappa shape index (κ2) is 6.51. The number of rotatable bonds is 4. The van der Waals surface area contributed by atoms with Crippen LogP contribution in [-0.4, -0.2) is 57.7 Å². The summed E-state index contributed by atoms with van der Waals surface area (Å²) in [5.41, 5.74) is 1.14. The first-order valence-electron chi connectivity index (χ1n) is 6.63. The van der Waals surface area contributed by atoms with Gasteiger partial charge in [-0.1, -0.05) is 19.1 Å². The molecule has 6 nitrogen and oxygen atoms in total. The molecule has 20 heavy (non-hydrogen) atoms. The molecule has 0 aromatic heterocycles. The first-order chi connectivity index (χ1) is 9.56. The van der Waals surface area contributed by atoms with Crippen LogP contribution in [0.25, 0.3) is 0 Å². The van der Waals surface area contributed by atoms with Gasteiger partial charge in [0.15, 0.2) is 0 Å². The molecule has 0 spiro atoms. The predicted molar refractivity (Wildman–Crippen MR) is 70.2 cm³/mol. The van der Waals surface area contributed by atoms with E-state index >= 15 is 0 Å². The Morgan fingerprint density at radius 1 is 1.05 bits per heavy atom. The van der Waals surface area contributed by atoms with Crippen molar-refractivity contribution in [3.05, 3.63) is 29.8 Å². The average molecular weight is 284 g/mol. The summed E-state index contributed by atoms with van der Waals surface area (Å²) in [5, 5.41) is 38.2. The summed E-state index contributed by atoms with van der Waals surface area (Å²) >= 11 is 0. The molecule has 4 N–H and O–H groups in total. The standard InChI is InChI=1S/C14H20O6/c1-2-8-3-5-9(6-4-8)19-14-13(18)12(17)11(16)10(7-15)20-14/h3-6,10-18H,2,7H2,1H3/t10-,11-,12+,13-,14+/m1/s1. The molecule has 0 amide bonds. The molecule has 0 saturated carbocycles. The van der Waals surface area contributed by atoms with Crippen LogP contribution in [0.15, 0.2) is 24.3 Å². The van der Waals surface area contributed by atoms with Gasteiger partial charge in [0.05, 0.1) is 6.61 Å². The Bertz CT molecular complexity index is 418. The quantitative estimate of drug-likeness (QED) is 0.591. The molecule has 0 aliphatic carbocycles. The van der Waals surface area contributed by atoms with Crippen molar-refractivity contribution in [3.8, 4) is 5.75 Å². The smallest absolute Gasteiger partial charge is 0.229 e. The van der Waals surface area contributed by atoms with Gasteiger partial charge in [0.2, 0.25) is 6.29 Å². The zero-order valence-corrected chi connectivity index (χ0v) is 11.2. The lowest BCUT2D eigenvalue weighted by molar-refractivity contribution is -0.277. The summed E-state index contributed by atoms with van der Waals surface area (Å²) < 4.78 is 10.7. The van der Waals surface area contributed by atoms with Gasteiger partial charge in [0.25, 0.3) is 0 Å². The molecule has 2 rings (SSSR count). The van der Waals surface area contributed by atoms with E-state index < -0.39 is 37.3 Å². The molecule has 112 valence electrons. The van der Waals surface area contributed by atoms with E-state index in [9.17, 15) is 15.3 Å². The van der Waals surface area contributed by atoms with Gasteiger partial charge in [-0.25, -0.2) is 0 Å². The summed E-state index contributed by atoms with van der Waals surface area (Å²) in [4.78, 5) is 0. The van der Waals surface area contributed by atoms with Gasteiger partial charge in [-0.3, -0.25) is 0 Å². The molecule has 0 bridgehead atoms. The fourth-order valence-electron chi connectivity index (χ4n) is 2.10. The van der Waals surface area contributed by atoms with Crippen molar-refractivity contribution >= 4 is 0 Å². The number of aliphatic hydroxyl groups excluding tert-OH is 4. The Morgan fingerprint density at radius 2 is 1.70 bits per heavy atom. The Balaban J connectivity index is 2.06. The van der Waals surface area contributed by atoms with Gasteiger partial charge in [-0.15, -0.1) is 0 Å². The van der Waals surface area contributed by atoms with Crippen molar-refractivity contribution in [2.45, 2.75) is 44.1 Å². The van der Waals surface area contributed by atoms with Crippen molar-refractivity contribution in [2.24, 2.45) is 0 Å². The molecule has 1 aromatic rings. The third kappa shape index (κ3) is 3.11. The predicted octanol–water partition coefficient (Wildman–Crippen LogP) is -0.572. The monoisotopic (exact) mass is 284 g/mol. The van der Waals surface area contributed by atoms with E-state index in [1.54, 1.807) is 12.1 Å². The first-order valence-corrected chi connectivity index (χ1v) is 6.63. The van der Waals surface area contributed by atoms with E-state index in [1.807, 2.05) is 19.1 Å². The molecule has 1 aliphatic rings. The second-order valence-electron chi connectivity index (χ2n) is 4.81. The van der Waals surface area contributed by atoms with Gasteiger partial charge < -0.3 is 29.9 Å². The lowest BCUT2D eigenvalue weighted by atomic mass is 9.99. The molecule has 1 fully saturated rings. The van der Waals surface area contributed by atoms with Crippen molar-refractivity contribution < 1.29 is 29.9 Å². The van der Waals surface area contributed by atoms with Crippen molar-refractivity contribution in [2.75, 3.05) is 6.61 Å². The van der Waals surface area contributed by atoms with Crippen LogP contribution in [-0.2, 0) is 11.2 Å². The maximum Gasteiger partial charge on any atom is 0.229 e. The van der Waals surface area contributed by atoms with Crippen LogP contribution in [0.4, 0.5) is 0 Å². The van der Waals surface area contributed by atoms with Gasteiger partial charge >= 0.3 is 0 Å². The van der Waals surface area contributed by atoms with Crippen molar-refractivity contribution in [1.82, 2.24) is 0 Å². The molecule has 1 aromatic carbocycles. The first kappa shape index (κ1) is 15.2. The number of aryl methyl sites for hydroxylation is 1. The minimum absolute atomic E-state index is 0.473. The summed E-state index contributed by atoms with van der Waals surface area (Å²) in [6, 6.07) is 7.25. The minimum atomic E-state index is -1.43. The summed E-state index contributed by atoms with van der Waals surface area (Å²) in [6.45, 7) is 1.56. The van der Waals surface area contributed by atoms with Gasteiger partial charge in [0, 0.05) is 0 Å². The molecule has 1 saturated heterocycles. The second-order valence-corrected chi connectivity index (χ2v) is 4.81. The number of hydrogen-bond donors (Lipinski definition) is 4. The van der Waals surface area contributed by atoms with Crippen LogP contribution in [0, 0.1) is 0 Å². The number of hydrogen-bond acceptors (Lipinski definition) is 6. The largest absolute Gasteiger partial charge is 0.462 e. The molecule has 6 heteroatoms. The zero-order chi connectivity index (χ0) is 14.7. The highest BCUT2D eigenvalue weighted by molar-refractivity contribution is 5.27. The summed E-state index contributed by atoms with van der Waals surface area (Å²) in [5.74, 6) is 0.478. The highest BCUT2D eigenvalue weighted by Crippen LogP contribution is 2.24. The Morgan fingerprint density at radius 3 is 2.25 bits per heavy atom. The summed E-state index contributed by atoms with van der Waals surface area (Å²) in [7, 11) is 0. The molecule has 5 atom stereocenters. The third-order valence-electron chi connectivity index (χ3n) is 3.43. The molecule has 1 aliphatic heterocycles. The van der Waals surface area contributed by atoms with Crippen LogP contribution in [0.1, 0.15) is 12.5 Å². The van der Waals surface area contributed by atoms with E-state index in [0.29, 0.717) is 5.75 Å². The van der Waals surface area contributed by atoms with Crippen LogP contribution < -0.4 is 4.74 Å². The summed E-state index contributed by atoms with van der Waals surface area (Å²) in [6.07, 6.45) is -5.40. The zero-order valence-electron chi connectivity index (χ0n) is 11.2. The molecule has 1 heterocycles. The lowest BCUT2D eigenvalue weighted by Crippen LogP contribution is -2.60. The van der Waals surface area contributed by atoms with Crippen LogP contribution in [0.3, 0.4) is 0 Å². The van der Waals surface area contributed by atoms with Crippen LogP contribution >= 0.6 is 0 Å². The van der Waals surface area contributed by atoms with E-state index in [2.05, 4.69) is 0 Å². The van der Waals surface area contributed by atoms with Gasteiger partial charge in [-0.05, 0) is 24.1 Å². The van der Waals surface area contributed by atoms with E-state index in [-0.39, 0.29) is 0 Å². The number of ether oxygens (including phenoxy) is 2. The average Bonchev–Trinajstić information content (AvgIpc) is 2.48. The third-order valence-corrected chi connectivity index (χ3v) is 3.43. The van der Waals surface area contributed by atoms with E-state index in [0.717, 1.165) is 12.0 Å². The van der Waals surface area contributed by atoms with Crippen LogP contribution in [0.2, 0.25) is 0 Å². The maximum absolute atomic E-state index is 9.84. The molecule has 0 unspecified atom stereocenters. The fourth-order valence-corrected chi connectivity index (χ4v) is 2.10. The number of benzene rings is 1.